The molecule has 1 aromatic heterocycles. The molecule has 192 valence electrons. The Morgan fingerprint density at radius 2 is 2.19 bits per heavy atom. The SMILES string of the molecule is CN1Cc2cc(Nc3ncc(Cl)c(N4CC(C)(CC(=O)O)c5ccc(F)cc54)n3)cc3c2C(CCO3)C1. The van der Waals surface area contributed by atoms with E-state index in [-0.39, 0.29) is 11.4 Å². The molecule has 0 amide bonds. The fourth-order valence-corrected chi connectivity index (χ4v) is 6.20. The van der Waals surface area contributed by atoms with Gasteiger partial charge >= 0.3 is 5.97 Å². The van der Waals surface area contributed by atoms with E-state index in [2.05, 4.69) is 33.3 Å². The molecule has 0 fully saturated rings. The number of carboxylic acid groups (broad SMARTS) is 1. The molecule has 0 radical (unpaired) electrons. The van der Waals surface area contributed by atoms with Gasteiger partial charge in [-0.05, 0) is 42.8 Å². The fourth-order valence-electron chi connectivity index (χ4n) is 6.01. The zero-order valence-corrected chi connectivity index (χ0v) is 21.3. The molecular formula is C27H27ClFN5O3. The highest BCUT2D eigenvalue weighted by Crippen LogP contribution is 2.48. The van der Waals surface area contributed by atoms with Crippen LogP contribution in [0.5, 0.6) is 5.75 Å². The lowest BCUT2D eigenvalue weighted by Gasteiger charge is -2.36. The number of fused-ring (bicyclic) bond motifs is 1. The van der Waals surface area contributed by atoms with Crippen molar-refractivity contribution in [1.29, 1.82) is 0 Å². The van der Waals surface area contributed by atoms with Gasteiger partial charge in [-0.25, -0.2) is 9.37 Å². The molecule has 2 N–H and O–H groups in total. The molecular weight excluding hydrogens is 497 g/mol. The average Bonchev–Trinajstić information content (AvgIpc) is 3.10. The van der Waals surface area contributed by atoms with Crippen LogP contribution in [0.4, 0.5) is 27.5 Å². The normalized spacial score (nSPS) is 22.3. The van der Waals surface area contributed by atoms with Gasteiger partial charge < -0.3 is 25.0 Å². The predicted molar refractivity (Wildman–Crippen MR) is 139 cm³/mol. The average molecular weight is 524 g/mol. The number of hydrogen-bond acceptors (Lipinski definition) is 7. The number of halogens is 2. The minimum atomic E-state index is -0.928. The van der Waals surface area contributed by atoms with Crippen molar-refractivity contribution in [3.63, 3.8) is 0 Å². The van der Waals surface area contributed by atoms with Crippen molar-refractivity contribution in [3.05, 3.63) is 64.1 Å². The van der Waals surface area contributed by atoms with Crippen LogP contribution in [-0.4, -0.2) is 52.7 Å². The summed E-state index contributed by atoms with van der Waals surface area (Å²) in [6.07, 6.45) is 2.41. The Labute approximate surface area is 219 Å². The highest BCUT2D eigenvalue weighted by Gasteiger charge is 2.42. The van der Waals surface area contributed by atoms with Crippen molar-refractivity contribution in [1.82, 2.24) is 14.9 Å². The number of ether oxygens (including phenoxy) is 1. The standard InChI is InChI=1S/C27H27ClFN5O3/c1-27(10-23(35)36)14-34(21-8-17(29)3-4-19(21)27)25-20(28)11-30-26(32-25)31-18-7-16-13-33(2)12-15-5-6-37-22(9-18)24(15)16/h3-4,7-9,11,15H,5-6,10,12-14H2,1-2H3,(H,35,36)(H,30,31,32). The van der Waals surface area contributed by atoms with E-state index in [0.29, 0.717) is 36.5 Å². The number of aliphatic carboxylic acids is 1. The molecule has 6 rings (SSSR count). The molecule has 2 atom stereocenters. The van der Waals surface area contributed by atoms with Gasteiger partial charge in [0.05, 0.1) is 19.2 Å². The van der Waals surface area contributed by atoms with Gasteiger partial charge in [-0.15, -0.1) is 0 Å². The van der Waals surface area contributed by atoms with E-state index >= 15 is 0 Å². The van der Waals surface area contributed by atoms with Crippen molar-refractivity contribution in [3.8, 4) is 5.75 Å². The molecule has 3 aliphatic rings. The molecule has 3 aromatic rings. The lowest BCUT2D eigenvalue weighted by molar-refractivity contribution is -0.138. The minimum Gasteiger partial charge on any atom is -0.493 e. The largest absolute Gasteiger partial charge is 0.493 e. The fraction of sp³-hybridized carbons (Fsp3) is 0.370. The van der Waals surface area contributed by atoms with E-state index in [4.69, 9.17) is 16.3 Å². The monoisotopic (exact) mass is 523 g/mol. The Morgan fingerprint density at radius 1 is 1.35 bits per heavy atom. The number of nitrogens with zero attached hydrogens (tertiary/aromatic N) is 4. The van der Waals surface area contributed by atoms with Crippen LogP contribution in [0.25, 0.3) is 0 Å². The molecule has 2 aromatic carbocycles. The number of aromatic nitrogens is 2. The zero-order chi connectivity index (χ0) is 25.9. The molecule has 2 unspecified atom stereocenters. The van der Waals surface area contributed by atoms with E-state index in [1.54, 1.807) is 11.0 Å². The maximum Gasteiger partial charge on any atom is 0.304 e. The van der Waals surface area contributed by atoms with Gasteiger partial charge in [0.1, 0.15) is 16.6 Å². The van der Waals surface area contributed by atoms with Gasteiger partial charge in [-0.3, -0.25) is 4.79 Å². The third-order valence-corrected chi connectivity index (χ3v) is 7.79. The van der Waals surface area contributed by atoms with Crippen LogP contribution in [0.2, 0.25) is 5.02 Å². The van der Waals surface area contributed by atoms with E-state index in [0.717, 1.165) is 36.5 Å². The molecule has 8 nitrogen and oxygen atoms in total. The van der Waals surface area contributed by atoms with Crippen molar-refractivity contribution in [2.24, 2.45) is 0 Å². The van der Waals surface area contributed by atoms with Gasteiger partial charge in [0, 0.05) is 54.0 Å². The van der Waals surface area contributed by atoms with Gasteiger partial charge in [0.15, 0.2) is 5.82 Å². The highest BCUT2D eigenvalue weighted by atomic mass is 35.5. The van der Waals surface area contributed by atoms with E-state index < -0.39 is 17.2 Å². The molecule has 0 bridgehead atoms. The first-order chi connectivity index (χ1) is 17.7. The lowest BCUT2D eigenvalue weighted by Crippen LogP contribution is -2.33. The predicted octanol–water partition coefficient (Wildman–Crippen LogP) is 5.21. The summed E-state index contributed by atoms with van der Waals surface area (Å²) in [5.41, 5.74) is 3.88. The number of benzene rings is 2. The third kappa shape index (κ3) is 4.26. The second-order valence-electron chi connectivity index (χ2n) is 10.4. The first-order valence-corrected chi connectivity index (χ1v) is 12.6. The number of carboxylic acids is 1. The Kier molecular flexibility index (Phi) is 5.72. The number of rotatable bonds is 5. The van der Waals surface area contributed by atoms with E-state index in [9.17, 15) is 14.3 Å². The number of hydrogen-bond donors (Lipinski definition) is 2. The molecule has 4 heterocycles. The third-order valence-electron chi connectivity index (χ3n) is 7.52. The number of carbonyl (C=O) groups is 1. The molecule has 0 spiro atoms. The smallest absolute Gasteiger partial charge is 0.304 e. The van der Waals surface area contributed by atoms with Gasteiger partial charge in [0.2, 0.25) is 5.95 Å². The van der Waals surface area contributed by atoms with Crippen LogP contribution < -0.4 is 15.0 Å². The van der Waals surface area contributed by atoms with E-state index in [1.807, 2.05) is 13.0 Å². The Morgan fingerprint density at radius 3 is 3.00 bits per heavy atom. The molecule has 37 heavy (non-hydrogen) atoms. The van der Waals surface area contributed by atoms with Crippen molar-refractivity contribution < 1.29 is 19.0 Å². The summed E-state index contributed by atoms with van der Waals surface area (Å²) < 4.78 is 20.3. The highest BCUT2D eigenvalue weighted by molar-refractivity contribution is 6.33. The Hall–Kier alpha value is -3.43. The maximum absolute atomic E-state index is 14.3. The zero-order valence-electron chi connectivity index (χ0n) is 20.6. The van der Waals surface area contributed by atoms with Crippen LogP contribution in [0.1, 0.15) is 42.4 Å². The Balaban J connectivity index is 1.36. The number of anilines is 4. The van der Waals surface area contributed by atoms with Gasteiger partial charge in [-0.2, -0.15) is 4.98 Å². The second kappa shape index (κ2) is 8.85. The number of nitrogens with one attached hydrogen (secondary N) is 1. The lowest BCUT2D eigenvalue weighted by atomic mass is 9.81. The molecule has 3 aliphatic heterocycles. The van der Waals surface area contributed by atoms with Crippen molar-refractivity contribution >= 4 is 40.7 Å². The van der Waals surface area contributed by atoms with Crippen LogP contribution in [0, 0.1) is 5.82 Å². The summed E-state index contributed by atoms with van der Waals surface area (Å²) >= 11 is 6.54. The van der Waals surface area contributed by atoms with Gasteiger partial charge in [0.25, 0.3) is 0 Å². The first-order valence-electron chi connectivity index (χ1n) is 12.3. The topological polar surface area (TPSA) is 90.8 Å². The summed E-state index contributed by atoms with van der Waals surface area (Å²) in [6.45, 7) is 4.70. The van der Waals surface area contributed by atoms with Crippen LogP contribution in [0.3, 0.4) is 0 Å². The molecule has 10 heteroatoms. The molecule has 0 aliphatic carbocycles. The Bertz CT molecular complexity index is 1420. The minimum absolute atomic E-state index is 0.108. The van der Waals surface area contributed by atoms with Crippen LogP contribution in [-0.2, 0) is 16.8 Å². The quantitative estimate of drug-likeness (QED) is 0.471. The van der Waals surface area contributed by atoms with Crippen LogP contribution >= 0.6 is 11.6 Å². The van der Waals surface area contributed by atoms with E-state index in [1.165, 1.54) is 29.5 Å². The first kappa shape index (κ1) is 23.9. The summed E-state index contributed by atoms with van der Waals surface area (Å²) in [6, 6.07) is 8.48. The summed E-state index contributed by atoms with van der Waals surface area (Å²) in [5.74, 6) is 0.733. The van der Waals surface area contributed by atoms with Crippen molar-refractivity contribution in [2.75, 3.05) is 37.0 Å². The second-order valence-corrected chi connectivity index (χ2v) is 10.9. The van der Waals surface area contributed by atoms with Crippen LogP contribution in [0.15, 0.2) is 36.5 Å². The summed E-state index contributed by atoms with van der Waals surface area (Å²) in [7, 11) is 2.13. The van der Waals surface area contributed by atoms with Crippen molar-refractivity contribution in [2.45, 2.75) is 37.6 Å². The molecule has 0 saturated carbocycles. The summed E-state index contributed by atoms with van der Waals surface area (Å²) in [4.78, 5) is 24.8. The number of likely N-dealkylation sites (N-methyl/N-ethyl adjacent to an activating group) is 1. The summed E-state index contributed by atoms with van der Waals surface area (Å²) in [5, 5.41) is 13.1. The maximum atomic E-state index is 14.3. The molecule has 0 saturated heterocycles. The van der Waals surface area contributed by atoms with Gasteiger partial charge in [-0.1, -0.05) is 24.6 Å².